The zero-order valence-electron chi connectivity index (χ0n) is 17.8. The van der Waals surface area contributed by atoms with E-state index in [-0.39, 0.29) is 18.6 Å². The van der Waals surface area contributed by atoms with Gasteiger partial charge in [-0.05, 0) is 42.7 Å². The Morgan fingerprint density at radius 2 is 1.59 bits per heavy atom. The van der Waals surface area contributed by atoms with Gasteiger partial charge in [-0.25, -0.2) is 0 Å². The third-order valence-corrected chi connectivity index (χ3v) is 6.24. The fourth-order valence-corrected chi connectivity index (χ4v) is 4.31. The molecule has 2 heterocycles. The number of piperidine rings is 1. The van der Waals surface area contributed by atoms with Gasteiger partial charge < -0.3 is 19.4 Å². The molecule has 4 rings (SSSR count). The first-order valence-corrected chi connectivity index (χ1v) is 11.2. The van der Waals surface area contributed by atoms with Crippen LogP contribution in [0.2, 0.25) is 5.02 Å². The number of likely N-dealkylation sites (tertiary alicyclic amines) is 1. The summed E-state index contributed by atoms with van der Waals surface area (Å²) in [7, 11) is 0. The number of carbonyl (C=O) groups is 3. The van der Waals surface area contributed by atoms with Crippen molar-refractivity contribution >= 4 is 29.3 Å². The lowest BCUT2D eigenvalue weighted by molar-refractivity contribution is -0.159. The monoisotopic (exact) mass is 455 g/mol. The molecule has 0 saturated carbocycles. The maximum atomic E-state index is 12.7. The fraction of sp³-hybridized carbons (Fsp3) is 0.375. The summed E-state index contributed by atoms with van der Waals surface area (Å²) >= 11 is 5.86. The number of ether oxygens (including phenoxy) is 1. The highest BCUT2D eigenvalue weighted by Gasteiger charge is 2.37. The van der Waals surface area contributed by atoms with Crippen LogP contribution in [-0.4, -0.2) is 71.2 Å². The number of carbonyl (C=O) groups excluding carboxylic acids is 3. The molecule has 0 radical (unpaired) electrons. The van der Waals surface area contributed by atoms with Gasteiger partial charge in [0.05, 0.1) is 0 Å². The highest BCUT2D eigenvalue weighted by Crippen LogP contribution is 2.21. The SMILES string of the molecule is O=C(COc1ccc(Cl)cc1)N1CCC(N2CCN(Cc3ccccc3)C(=O)C2=O)CC1. The van der Waals surface area contributed by atoms with Crippen molar-refractivity contribution in [3.05, 3.63) is 65.2 Å². The topological polar surface area (TPSA) is 70.2 Å². The normalized spacial score (nSPS) is 17.6. The van der Waals surface area contributed by atoms with E-state index in [4.69, 9.17) is 16.3 Å². The summed E-state index contributed by atoms with van der Waals surface area (Å²) in [5.41, 5.74) is 1.01. The van der Waals surface area contributed by atoms with Gasteiger partial charge in [0.2, 0.25) is 0 Å². The maximum absolute atomic E-state index is 12.7. The van der Waals surface area contributed by atoms with Crippen molar-refractivity contribution < 1.29 is 19.1 Å². The number of amides is 3. The zero-order chi connectivity index (χ0) is 22.5. The van der Waals surface area contributed by atoms with Crippen LogP contribution >= 0.6 is 11.6 Å². The van der Waals surface area contributed by atoms with Gasteiger partial charge in [-0.3, -0.25) is 14.4 Å². The van der Waals surface area contributed by atoms with Crippen LogP contribution in [0, 0.1) is 0 Å². The van der Waals surface area contributed by atoms with Gasteiger partial charge in [0.15, 0.2) is 6.61 Å². The number of benzene rings is 2. The minimum absolute atomic E-state index is 0.0217. The molecule has 32 heavy (non-hydrogen) atoms. The van der Waals surface area contributed by atoms with Crippen molar-refractivity contribution in [2.24, 2.45) is 0 Å². The molecular formula is C24H26ClN3O4. The van der Waals surface area contributed by atoms with Gasteiger partial charge >= 0.3 is 11.8 Å². The molecule has 0 aliphatic carbocycles. The first-order chi connectivity index (χ1) is 15.5. The summed E-state index contributed by atoms with van der Waals surface area (Å²) in [5, 5.41) is 0.611. The molecule has 2 aliphatic heterocycles. The molecule has 8 heteroatoms. The molecular weight excluding hydrogens is 430 g/mol. The lowest BCUT2D eigenvalue weighted by Gasteiger charge is -2.42. The highest BCUT2D eigenvalue weighted by atomic mass is 35.5. The van der Waals surface area contributed by atoms with Crippen LogP contribution in [0.25, 0.3) is 0 Å². The molecule has 2 aromatic rings. The van der Waals surface area contributed by atoms with Crippen LogP contribution in [0.4, 0.5) is 0 Å². The zero-order valence-corrected chi connectivity index (χ0v) is 18.5. The van der Waals surface area contributed by atoms with E-state index in [1.807, 2.05) is 30.3 Å². The van der Waals surface area contributed by atoms with E-state index in [0.29, 0.717) is 56.3 Å². The van der Waals surface area contributed by atoms with Crippen LogP contribution in [-0.2, 0) is 20.9 Å². The summed E-state index contributed by atoms with van der Waals surface area (Å²) in [4.78, 5) is 42.9. The lowest BCUT2D eigenvalue weighted by atomic mass is 10.0. The second-order valence-electron chi connectivity index (χ2n) is 8.07. The van der Waals surface area contributed by atoms with Crippen molar-refractivity contribution in [1.29, 1.82) is 0 Å². The molecule has 0 atom stereocenters. The van der Waals surface area contributed by atoms with E-state index in [2.05, 4.69) is 0 Å². The number of rotatable bonds is 6. The minimum Gasteiger partial charge on any atom is -0.484 e. The van der Waals surface area contributed by atoms with E-state index >= 15 is 0 Å². The molecule has 0 spiro atoms. The molecule has 2 aromatic carbocycles. The van der Waals surface area contributed by atoms with Crippen molar-refractivity contribution in [2.45, 2.75) is 25.4 Å². The van der Waals surface area contributed by atoms with Crippen molar-refractivity contribution in [2.75, 3.05) is 32.8 Å². The quantitative estimate of drug-likeness (QED) is 0.628. The van der Waals surface area contributed by atoms with E-state index in [0.717, 1.165) is 5.56 Å². The number of nitrogens with zero attached hydrogens (tertiary/aromatic N) is 3. The smallest absolute Gasteiger partial charge is 0.312 e. The molecule has 2 aliphatic rings. The Kier molecular flexibility index (Phi) is 6.95. The summed E-state index contributed by atoms with van der Waals surface area (Å²) in [6, 6.07) is 16.5. The van der Waals surface area contributed by atoms with Crippen LogP contribution in [0.5, 0.6) is 5.75 Å². The summed E-state index contributed by atoms with van der Waals surface area (Å²) in [6.45, 7) is 2.53. The molecule has 0 unspecified atom stereocenters. The number of halogens is 1. The first kappa shape index (κ1) is 22.1. The second kappa shape index (κ2) is 10.0. The largest absolute Gasteiger partial charge is 0.484 e. The van der Waals surface area contributed by atoms with E-state index in [9.17, 15) is 14.4 Å². The highest BCUT2D eigenvalue weighted by molar-refractivity contribution is 6.35. The van der Waals surface area contributed by atoms with Crippen LogP contribution < -0.4 is 4.74 Å². The Bertz CT molecular complexity index is 959. The summed E-state index contributed by atoms with van der Waals surface area (Å²) < 4.78 is 5.55. The average molecular weight is 456 g/mol. The number of hydrogen-bond donors (Lipinski definition) is 0. The Morgan fingerprint density at radius 3 is 2.28 bits per heavy atom. The second-order valence-corrected chi connectivity index (χ2v) is 8.50. The molecule has 2 fully saturated rings. The van der Waals surface area contributed by atoms with Gasteiger partial charge in [0.1, 0.15) is 5.75 Å². The predicted octanol–water partition coefficient (Wildman–Crippen LogP) is 2.58. The van der Waals surface area contributed by atoms with Crippen LogP contribution in [0.1, 0.15) is 18.4 Å². The minimum atomic E-state index is -0.449. The maximum Gasteiger partial charge on any atom is 0.312 e. The summed E-state index contributed by atoms with van der Waals surface area (Å²) in [6.07, 6.45) is 1.31. The molecule has 168 valence electrons. The summed E-state index contributed by atoms with van der Waals surface area (Å²) in [5.74, 6) is -0.387. The molecule has 0 N–H and O–H groups in total. The number of hydrogen-bond acceptors (Lipinski definition) is 4. The molecule has 3 amide bonds. The van der Waals surface area contributed by atoms with Gasteiger partial charge in [0.25, 0.3) is 5.91 Å². The van der Waals surface area contributed by atoms with Crippen LogP contribution in [0.3, 0.4) is 0 Å². The fourth-order valence-electron chi connectivity index (χ4n) is 4.19. The molecule has 0 bridgehead atoms. The predicted molar refractivity (Wildman–Crippen MR) is 120 cm³/mol. The lowest BCUT2D eigenvalue weighted by Crippen LogP contribution is -2.59. The van der Waals surface area contributed by atoms with Gasteiger partial charge in [0, 0.05) is 43.8 Å². The standard InChI is InChI=1S/C24H26ClN3O4/c25-19-6-8-21(9-7-19)32-17-22(29)26-12-10-20(11-13-26)28-15-14-27(23(30)24(28)31)16-18-4-2-1-3-5-18/h1-9,20H,10-17H2. The van der Waals surface area contributed by atoms with Crippen LogP contribution in [0.15, 0.2) is 54.6 Å². The van der Waals surface area contributed by atoms with Crippen molar-refractivity contribution in [1.82, 2.24) is 14.7 Å². The third-order valence-electron chi connectivity index (χ3n) is 5.99. The molecule has 2 saturated heterocycles. The third kappa shape index (κ3) is 5.22. The van der Waals surface area contributed by atoms with E-state index in [1.165, 1.54) is 0 Å². The Morgan fingerprint density at radius 1 is 0.906 bits per heavy atom. The van der Waals surface area contributed by atoms with Gasteiger partial charge in [-0.2, -0.15) is 0 Å². The average Bonchev–Trinajstić information content (AvgIpc) is 2.82. The van der Waals surface area contributed by atoms with Crippen molar-refractivity contribution in [3.63, 3.8) is 0 Å². The Balaban J connectivity index is 1.25. The number of piperazine rings is 1. The van der Waals surface area contributed by atoms with Gasteiger partial charge in [-0.1, -0.05) is 41.9 Å². The van der Waals surface area contributed by atoms with E-state index in [1.54, 1.807) is 39.0 Å². The van der Waals surface area contributed by atoms with Gasteiger partial charge in [-0.15, -0.1) is 0 Å². The van der Waals surface area contributed by atoms with Crippen molar-refractivity contribution in [3.8, 4) is 5.75 Å². The molecule has 0 aromatic heterocycles. The first-order valence-electron chi connectivity index (χ1n) is 10.8. The van der Waals surface area contributed by atoms with E-state index < -0.39 is 11.8 Å². The Hall–Kier alpha value is -3.06. The Labute approximate surface area is 192 Å². The molecule has 7 nitrogen and oxygen atoms in total.